The predicted molar refractivity (Wildman–Crippen MR) is 155 cm³/mol. The molecule has 1 unspecified atom stereocenters. The highest BCUT2D eigenvalue weighted by molar-refractivity contribution is 6.04. The van der Waals surface area contributed by atoms with E-state index in [1.165, 1.54) is 24.1 Å². The van der Waals surface area contributed by atoms with Gasteiger partial charge >= 0.3 is 0 Å². The van der Waals surface area contributed by atoms with Crippen molar-refractivity contribution < 1.29 is 47.6 Å². The van der Waals surface area contributed by atoms with Crippen molar-refractivity contribution in [3.63, 3.8) is 0 Å². The molecule has 0 spiro atoms. The molecule has 2 N–H and O–H groups in total. The Balaban J connectivity index is 0.000000440. The van der Waals surface area contributed by atoms with E-state index in [2.05, 4.69) is 17.2 Å². The van der Waals surface area contributed by atoms with Crippen molar-refractivity contribution in [3.8, 4) is 5.75 Å². The predicted octanol–water partition coefficient (Wildman–Crippen LogP) is 0.860. The van der Waals surface area contributed by atoms with Crippen LogP contribution in [0.4, 0.5) is 0 Å². The molecule has 0 bridgehead atoms. The maximum Gasteiger partial charge on any atom is 0.255 e. The molecule has 0 saturated carbocycles. The van der Waals surface area contributed by atoms with Crippen molar-refractivity contribution in [1.82, 2.24) is 15.5 Å². The van der Waals surface area contributed by atoms with Crippen molar-refractivity contribution in [2.24, 2.45) is 0 Å². The van der Waals surface area contributed by atoms with Gasteiger partial charge in [0.25, 0.3) is 5.91 Å². The number of amides is 2. The first-order chi connectivity index (χ1) is 20.4. The third-order valence-corrected chi connectivity index (χ3v) is 5.88. The Morgan fingerprint density at radius 2 is 1.62 bits per heavy atom. The van der Waals surface area contributed by atoms with E-state index in [1.54, 1.807) is 13.2 Å². The number of benzene rings is 1. The van der Waals surface area contributed by atoms with Crippen LogP contribution in [-0.4, -0.2) is 129 Å². The second kappa shape index (κ2) is 23.4. The van der Waals surface area contributed by atoms with Crippen molar-refractivity contribution in [2.75, 3.05) is 93.8 Å². The number of carbonyl (C=O) groups is 4. The zero-order valence-corrected chi connectivity index (χ0v) is 24.9. The highest BCUT2D eigenvalue weighted by Crippen LogP contribution is 2.24. The molecule has 42 heavy (non-hydrogen) atoms. The van der Waals surface area contributed by atoms with Gasteiger partial charge in [-0.3, -0.25) is 19.2 Å². The smallest absolute Gasteiger partial charge is 0.255 e. The molecule has 1 fully saturated rings. The lowest BCUT2D eigenvalue weighted by Gasteiger charge is -2.31. The largest absolute Gasteiger partial charge is 0.485 e. The molecule has 0 radical (unpaired) electrons. The molecular formula is C29H45N3O10. The van der Waals surface area contributed by atoms with Gasteiger partial charge in [-0.05, 0) is 32.0 Å². The van der Waals surface area contributed by atoms with Gasteiger partial charge in [0.05, 0.1) is 70.6 Å². The maximum absolute atomic E-state index is 12.7. The van der Waals surface area contributed by atoms with Crippen molar-refractivity contribution in [3.05, 3.63) is 41.6 Å². The van der Waals surface area contributed by atoms with Crippen LogP contribution in [0.5, 0.6) is 5.75 Å². The van der Waals surface area contributed by atoms with E-state index >= 15 is 0 Å². The Morgan fingerprint density at radius 1 is 1.02 bits per heavy atom. The van der Waals surface area contributed by atoms with Gasteiger partial charge in [-0.2, -0.15) is 0 Å². The van der Waals surface area contributed by atoms with Crippen LogP contribution in [0, 0.1) is 0 Å². The summed E-state index contributed by atoms with van der Waals surface area (Å²) in [5, 5.41) is 5.63. The van der Waals surface area contributed by atoms with E-state index in [1.807, 2.05) is 7.05 Å². The van der Waals surface area contributed by atoms with Gasteiger partial charge < -0.3 is 44.0 Å². The van der Waals surface area contributed by atoms with Gasteiger partial charge in [0.15, 0.2) is 12.6 Å². The van der Waals surface area contributed by atoms with Gasteiger partial charge in [0.2, 0.25) is 5.91 Å². The zero-order chi connectivity index (χ0) is 31.0. The highest BCUT2D eigenvalue weighted by Gasteiger charge is 2.32. The lowest BCUT2D eigenvalue weighted by molar-refractivity contribution is -0.125. The van der Waals surface area contributed by atoms with Crippen LogP contribution in [0.2, 0.25) is 0 Å². The Labute approximate surface area is 247 Å². The Kier molecular flexibility index (Phi) is 20.5. The Morgan fingerprint density at radius 3 is 2.14 bits per heavy atom. The first-order valence-electron chi connectivity index (χ1n) is 13.8. The Hall–Kier alpha value is -3.20. The molecule has 13 heteroatoms. The number of rotatable bonds is 21. The topological polar surface area (TPSA) is 151 Å². The number of piperidine rings is 1. The summed E-state index contributed by atoms with van der Waals surface area (Å²) < 4.78 is 31.2. The lowest BCUT2D eigenvalue weighted by atomic mass is 10.0. The standard InChI is InChI=1S/C17H18N2O5.C12H27NO5/c1-11-6-7-14(16(22)18-11)19(2)17(23)12-4-3-5-15(13(12)10-21)24-9-8-20;1-13-3-4-15-7-8-17-11-12-18-10-9-16-6-5-14-2/h3-5,8,10,14H,1,6-7,9H2,2H3,(H,18,22);13H,3-12H2,1-2H3. The van der Waals surface area contributed by atoms with Crippen LogP contribution in [0.25, 0.3) is 0 Å². The van der Waals surface area contributed by atoms with Crippen molar-refractivity contribution in [2.45, 2.75) is 18.9 Å². The van der Waals surface area contributed by atoms with Gasteiger partial charge in [0, 0.05) is 26.4 Å². The minimum absolute atomic E-state index is 0.0526. The second-order valence-corrected chi connectivity index (χ2v) is 8.92. The van der Waals surface area contributed by atoms with E-state index in [0.717, 1.165) is 13.2 Å². The zero-order valence-electron chi connectivity index (χ0n) is 24.9. The summed E-state index contributed by atoms with van der Waals surface area (Å²) in [4.78, 5) is 47.9. The van der Waals surface area contributed by atoms with Crippen LogP contribution in [0.1, 0.15) is 33.6 Å². The van der Waals surface area contributed by atoms with Crippen LogP contribution in [0.3, 0.4) is 0 Å². The molecule has 1 aromatic rings. The van der Waals surface area contributed by atoms with Crippen molar-refractivity contribution >= 4 is 24.4 Å². The number of likely N-dealkylation sites (N-methyl/N-ethyl adjacent to an activating group) is 2. The third-order valence-electron chi connectivity index (χ3n) is 5.88. The molecule has 1 heterocycles. The Bertz CT molecular complexity index is 944. The monoisotopic (exact) mass is 595 g/mol. The number of nitrogens with zero attached hydrogens (tertiary/aromatic N) is 1. The fourth-order valence-corrected chi connectivity index (χ4v) is 3.64. The molecule has 1 aliphatic heterocycles. The highest BCUT2D eigenvalue weighted by atomic mass is 16.6. The SMILES string of the molecule is C=C1CCC(N(C)C(=O)c2cccc(OCC=O)c2C=O)C(=O)N1.CNCCOCCOCCOCCOCCOC. The van der Waals surface area contributed by atoms with Gasteiger partial charge in [-0.1, -0.05) is 12.6 Å². The first-order valence-corrected chi connectivity index (χ1v) is 13.8. The van der Waals surface area contributed by atoms with Crippen LogP contribution in [-0.2, 0) is 33.3 Å². The normalized spacial score (nSPS) is 14.4. The summed E-state index contributed by atoms with van der Waals surface area (Å²) in [6.07, 6.45) is 2.10. The average Bonchev–Trinajstić information content (AvgIpc) is 2.99. The van der Waals surface area contributed by atoms with Crippen LogP contribution in [0.15, 0.2) is 30.5 Å². The maximum atomic E-state index is 12.7. The van der Waals surface area contributed by atoms with Crippen LogP contribution < -0.4 is 15.4 Å². The molecule has 236 valence electrons. The number of aldehydes is 2. The minimum atomic E-state index is -0.637. The number of allylic oxidation sites excluding steroid dienone is 1. The summed E-state index contributed by atoms with van der Waals surface area (Å²) >= 11 is 0. The molecule has 1 atom stereocenters. The number of methoxy groups -OCH3 is 1. The molecule has 13 nitrogen and oxygen atoms in total. The van der Waals surface area contributed by atoms with E-state index < -0.39 is 11.9 Å². The number of nitrogens with one attached hydrogen (secondary N) is 2. The minimum Gasteiger partial charge on any atom is -0.485 e. The number of hydrogen-bond donors (Lipinski definition) is 2. The summed E-state index contributed by atoms with van der Waals surface area (Å²) in [6, 6.07) is 3.90. The molecule has 1 aliphatic rings. The molecule has 1 aromatic carbocycles. The van der Waals surface area contributed by atoms with Crippen LogP contribution >= 0.6 is 0 Å². The third kappa shape index (κ3) is 14.6. The summed E-state index contributed by atoms with van der Waals surface area (Å²) in [5.41, 5.74) is 0.792. The number of carbonyl (C=O) groups excluding carboxylic acids is 4. The van der Waals surface area contributed by atoms with E-state index in [0.29, 0.717) is 84.0 Å². The van der Waals surface area contributed by atoms with E-state index in [9.17, 15) is 19.2 Å². The van der Waals surface area contributed by atoms with Gasteiger partial charge in [0.1, 0.15) is 18.4 Å². The molecule has 0 aromatic heterocycles. The molecule has 0 aliphatic carbocycles. The number of ether oxygens (including phenoxy) is 6. The second-order valence-electron chi connectivity index (χ2n) is 8.92. The van der Waals surface area contributed by atoms with E-state index in [-0.39, 0.29) is 29.4 Å². The quantitative estimate of drug-likeness (QED) is 0.154. The van der Waals surface area contributed by atoms with E-state index in [4.69, 9.17) is 28.4 Å². The molecule has 2 rings (SSSR count). The lowest BCUT2D eigenvalue weighted by Crippen LogP contribution is -2.50. The summed E-state index contributed by atoms with van der Waals surface area (Å²) in [7, 11) is 5.06. The average molecular weight is 596 g/mol. The van der Waals surface area contributed by atoms with Gasteiger partial charge in [-0.25, -0.2) is 0 Å². The molecule has 1 saturated heterocycles. The molecular weight excluding hydrogens is 550 g/mol. The summed E-state index contributed by atoms with van der Waals surface area (Å²) in [5.74, 6) is -0.623. The van der Waals surface area contributed by atoms with Crippen molar-refractivity contribution in [1.29, 1.82) is 0 Å². The summed E-state index contributed by atoms with van der Waals surface area (Å²) in [6.45, 7) is 9.90. The number of hydrogen-bond acceptors (Lipinski definition) is 11. The van der Waals surface area contributed by atoms with Gasteiger partial charge in [-0.15, -0.1) is 0 Å². The fraction of sp³-hybridized carbons (Fsp3) is 0.586. The first kappa shape index (κ1) is 36.8. The fourth-order valence-electron chi connectivity index (χ4n) is 3.64. The molecule has 2 amide bonds.